The van der Waals surface area contributed by atoms with Crippen molar-refractivity contribution in [2.75, 3.05) is 0 Å². The minimum atomic E-state index is 0.161. The summed E-state index contributed by atoms with van der Waals surface area (Å²) in [6.07, 6.45) is 6.96. The van der Waals surface area contributed by atoms with E-state index in [2.05, 4.69) is 6.42 Å². The van der Waals surface area contributed by atoms with Crippen LogP contribution in [-0.4, -0.2) is 6.04 Å². The second kappa shape index (κ2) is 2.31. The molecule has 0 aromatic carbocycles. The summed E-state index contributed by atoms with van der Waals surface area (Å²) < 4.78 is 0. The zero-order valence-electron chi connectivity index (χ0n) is 4.48. The number of hydrogen-bond acceptors (Lipinski definition) is 0. The van der Waals surface area contributed by atoms with Crippen molar-refractivity contribution in [1.82, 2.24) is 5.73 Å². The van der Waals surface area contributed by atoms with Crippen LogP contribution < -0.4 is 5.73 Å². The van der Waals surface area contributed by atoms with Crippen molar-refractivity contribution in [1.29, 1.82) is 0 Å². The molecule has 1 rings (SSSR count). The topological polar surface area (TPSA) is 23.8 Å². The van der Waals surface area contributed by atoms with Crippen LogP contribution in [0.2, 0.25) is 0 Å². The van der Waals surface area contributed by atoms with Crippen molar-refractivity contribution in [3.63, 3.8) is 0 Å². The zero-order chi connectivity index (χ0) is 5.11. The van der Waals surface area contributed by atoms with E-state index in [1.807, 2.05) is 0 Å². The maximum absolute atomic E-state index is 7.22. The standard InChI is InChI=1S/C6H11N/c7-6-4-2-1-3-5-6/h4,6-7H,1-3,5H2. The molecule has 1 aliphatic rings. The van der Waals surface area contributed by atoms with Crippen LogP contribution in [0.25, 0.3) is 0 Å². The van der Waals surface area contributed by atoms with E-state index < -0.39 is 0 Å². The SMILES string of the molecule is [NH]C1[CH]CCCC1. The molecule has 1 N–H and O–H groups in total. The van der Waals surface area contributed by atoms with Crippen LogP contribution in [0, 0.1) is 6.42 Å². The Labute approximate surface area is 44.9 Å². The molecule has 0 aromatic rings. The lowest BCUT2D eigenvalue weighted by Gasteiger charge is -2.14. The molecule has 1 aliphatic carbocycles. The largest absolute Gasteiger partial charge is 0.254 e. The first-order chi connectivity index (χ1) is 3.39. The van der Waals surface area contributed by atoms with Gasteiger partial charge in [0.25, 0.3) is 0 Å². The second-order valence-corrected chi connectivity index (χ2v) is 2.13. The predicted molar refractivity (Wildman–Crippen MR) is 29.7 cm³/mol. The van der Waals surface area contributed by atoms with Crippen molar-refractivity contribution in [2.24, 2.45) is 0 Å². The number of nitrogens with one attached hydrogen (secondary N) is 1. The van der Waals surface area contributed by atoms with Gasteiger partial charge in [-0.05, 0) is 19.3 Å². The van der Waals surface area contributed by atoms with Gasteiger partial charge in [0.15, 0.2) is 0 Å². The quantitative estimate of drug-likeness (QED) is 0.436. The Balaban J connectivity index is 2.12. The molecule has 7 heavy (non-hydrogen) atoms. The Morgan fingerprint density at radius 1 is 1.43 bits per heavy atom. The summed E-state index contributed by atoms with van der Waals surface area (Å²) in [6, 6.07) is 0.161. The van der Waals surface area contributed by atoms with E-state index in [1.54, 1.807) is 0 Å². The van der Waals surface area contributed by atoms with Gasteiger partial charge in [-0.3, -0.25) is 5.73 Å². The summed E-state index contributed by atoms with van der Waals surface area (Å²) >= 11 is 0. The molecule has 0 bridgehead atoms. The average Bonchev–Trinajstić information content (AvgIpc) is 1.69. The van der Waals surface area contributed by atoms with E-state index in [0.29, 0.717) is 0 Å². The zero-order valence-corrected chi connectivity index (χ0v) is 4.48. The van der Waals surface area contributed by atoms with Gasteiger partial charge >= 0.3 is 0 Å². The normalized spacial score (nSPS) is 25.3. The van der Waals surface area contributed by atoms with E-state index in [4.69, 9.17) is 5.73 Å². The molecule has 1 atom stereocenters. The van der Waals surface area contributed by atoms with Gasteiger partial charge in [0.05, 0.1) is 0 Å². The van der Waals surface area contributed by atoms with Crippen molar-refractivity contribution in [3.8, 4) is 0 Å². The lowest BCUT2D eigenvalue weighted by Crippen LogP contribution is -2.13. The average molecular weight is 97.2 g/mol. The molecule has 0 spiro atoms. The van der Waals surface area contributed by atoms with Gasteiger partial charge in [-0.2, -0.15) is 0 Å². The van der Waals surface area contributed by atoms with E-state index >= 15 is 0 Å². The van der Waals surface area contributed by atoms with Crippen LogP contribution in [0.1, 0.15) is 25.7 Å². The molecule has 0 amide bonds. The maximum Gasteiger partial charge on any atom is 0.0244 e. The fourth-order valence-corrected chi connectivity index (χ4v) is 0.945. The summed E-state index contributed by atoms with van der Waals surface area (Å²) in [7, 11) is 0. The molecule has 1 saturated carbocycles. The van der Waals surface area contributed by atoms with E-state index in [1.165, 1.54) is 19.3 Å². The maximum atomic E-state index is 7.22. The molecule has 40 valence electrons. The predicted octanol–water partition coefficient (Wildman–Crippen LogP) is 1.42. The van der Waals surface area contributed by atoms with Gasteiger partial charge in [0.1, 0.15) is 0 Å². The third-order valence-electron chi connectivity index (χ3n) is 1.42. The first-order valence-electron chi connectivity index (χ1n) is 2.94. The minimum absolute atomic E-state index is 0.161. The lowest BCUT2D eigenvalue weighted by molar-refractivity contribution is 0.520. The highest BCUT2D eigenvalue weighted by Gasteiger charge is 2.07. The molecule has 1 nitrogen and oxygen atoms in total. The molecule has 1 unspecified atom stereocenters. The third-order valence-corrected chi connectivity index (χ3v) is 1.42. The van der Waals surface area contributed by atoms with Crippen LogP contribution >= 0.6 is 0 Å². The molecular weight excluding hydrogens is 86.1 g/mol. The second-order valence-electron chi connectivity index (χ2n) is 2.13. The van der Waals surface area contributed by atoms with Crippen molar-refractivity contribution >= 4 is 0 Å². The Morgan fingerprint density at radius 3 is 2.57 bits per heavy atom. The van der Waals surface area contributed by atoms with Crippen LogP contribution in [0.4, 0.5) is 0 Å². The summed E-state index contributed by atoms with van der Waals surface area (Å²) in [5, 5.41) is 0. The van der Waals surface area contributed by atoms with Gasteiger partial charge in [-0.25, -0.2) is 0 Å². The van der Waals surface area contributed by atoms with Crippen molar-refractivity contribution < 1.29 is 0 Å². The van der Waals surface area contributed by atoms with Crippen LogP contribution in [0.15, 0.2) is 0 Å². The minimum Gasteiger partial charge on any atom is -0.254 e. The number of hydrogen-bond donors (Lipinski definition) is 0. The van der Waals surface area contributed by atoms with E-state index in [-0.39, 0.29) is 6.04 Å². The van der Waals surface area contributed by atoms with E-state index in [9.17, 15) is 0 Å². The molecule has 1 fully saturated rings. The molecule has 2 radical (unpaired) electrons. The molecule has 1 heteroatoms. The molecule has 0 aliphatic heterocycles. The molecular formula is C6H11N. The Bertz CT molecular complexity index is 46.1. The summed E-state index contributed by atoms with van der Waals surface area (Å²) in [5.74, 6) is 0. The summed E-state index contributed by atoms with van der Waals surface area (Å²) in [6.45, 7) is 0. The Morgan fingerprint density at radius 2 is 2.29 bits per heavy atom. The first-order valence-corrected chi connectivity index (χ1v) is 2.94. The highest BCUT2D eigenvalue weighted by Crippen LogP contribution is 2.14. The molecule has 0 heterocycles. The van der Waals surface area contributed by atoms with Gasteiger partial charge in [-0.15, -0.1) is 0 Å². The van der Waals surface area contributed by atoms with Crippen LogP contribution in [0.5, 0.6) is 0 Å². The van der Waals surface area contributed by atoms with Gasteiger partial charge in [-0.1, -0.05) is 12.8 Å². The van der Waals surface area contributed by atoms with Crippen LogP contribution in [0.3, 0.4) is 0 Å². The lowest BCUT2D eigenvalue weighted by atomic mass is 9.97. The molecule has 0 saturated heterocycles. The Kier molecular flexibility index (Phi) is 1.69. The van der Waals surface area contributed by atoms with Gasteiger partial charge < -0.3 is 0 Å². The monoisotopic (exact) mass is 97.1 g/mol. The highest BCUT2D eigenvalue weighted by molar-refractivity contribution is 4.82. The summed E-state index contributed by atoms with van der Waals surface area (Å²) in [5.41, 5.74) is 7.22. The number of rotatable bonds is 0. The Hall–Kier alpha value is -0.0400. The first kappa shape index (κ1) is 5.10. The van der Waals surface area contributed by atoms with Crippen molar-refractivity contribution in [2.45, 2.75) is 31.7 Å². The molecule has 0 aromatic heterocycles. The van der Waals surface area contributed by atoms with Crippen LogP contribution in [-0.2, 0) is 0 Å². The summed E-state index contributed by atoms with van der Waals surface area (Å²) in [4.78, 5) is 0. The van der Waals surface area contributed by atoms with Gasteiger partial charge in [0, 0.05) is 6.04 Å². The van der Waals surface area contributed by atoms with Gasteiger partial charge in [0.2, 0.25) is 0 Å². The highest BCUT2D eigenvalue weighted by atomic mass is 14.6. The third kappa shape index (κ3) is 1.48. The van der Waals surface area contributed by atoms with E-state index in [0.717, 1.165) is 6.42 Å². The fourth-order valence-electron chi connectivity index (χ4n) is 0.945. The van der Waals surface area contributed by atoms with Crippen molar-refractivity contribution in [3.05, 3.63) is 6.42 Å². The smallest absolute Gasteiger partial charge is 0.0244 e. The fraction of sp³-hybridized carbons (Fsp3) is 0.833.